The predicted octanol–water partition coefficient (Wildman–Crippen LogP) is 3.25. The van der Waals surface area contributed by atoms with Crippen LogP contribution in [0.3, 0.4) is 0 Å². The van der Waals surface area contributed by atoms with Crippen LogP contribution in [0.2, 0.25) is 0 Å². The minimum absolute atomic E-state index is 0.0279. The highest BCUT2D eigenvalue weighted by Crippen LogP contribution is 2.32. The number of rotatable bonds is 3. The number of hydrogen-bond donors (Lipinski definition) is 1. The second-order valence-corrected chi connectivity index (χ2v) is 7.05. The molecular weight excluding hydrogens is 361 g/mol. The maximum absolute atomic E-state index is 13.7. The first-order valence-corrected chi connectivity index (χ1v) is 9.31. The summed E-state index contributed by atoms with van der Waals surface area (Å²) in [5.74, 6) is -0.780. The Kier molecular flexibility index (Phi) is 4.81. The number of imide groups is 1. The van der Waals surface area contributed by atoms with Crippen LogP contribution in [0.4, 0.5) is 14.9 Å². The molecule has 2 aliphatic heterocycles. The summed E-state index contributed by atoms with van der Waals surface area (Å²) >= 11 is 0. The van der Waals surface area contributed by atoms with Gasteiger partial charge in [-0.1, -0.05) is 12.1 Å². The summed E-state index contributed by atoms with van der Waals surface area (Å²) in [4.78, 5) is 39.3. The van der Waals surface area contributed by atoms with Gasteiger partial charge in [-0.2, -0.15) is 0 Å². The van der Waals surface area contributed by atoms with E-state index in [4.69, 9.17) is 0 Å². The molecule has 2 aromatic rings. The maximum Gasteiger partial charge on any atom is 0.329 e. The second kappa shape index (κ2) is 7.42. The van der Waals surface area contributed by atoms with Crippen LogP contribution in [-0.4, -0.2) is 35.8 Å². The zero-order chi connectivity index (χ0) is 19.7. The van der Waals surface area contributed by atoms with Gasteiger partial charge in [-0.3, -0.25) is 19.8 Å². The molecule has 0 bridgehead atoms. The molecule has 0 aliphatic carbocycles. The van der Waals surface area contributed by atoms with Gasteiger partial charge in [-0.05, 0) is 61.2 Å². The van der Waals surface area contributed by atoms with Crippen molar-refractivity contribution in [3.8, 4) is 0 Å². The van der Waals surface area contributed by atoms with Gasteiger partial charge in [0.2, 0.25) is 5.91 Å². The number of anilines is 1. The molecule has 0 radical (unpaired) electrons. The van der Waals surface area contributed by atoms with Crippen LogP contribution in [-0.2, 0) is 4.79 Å². The Morgan fingerprint density at radius 2 is 1.86 bits per heavy atom. The Hall–Kier alpha value is -3.22. The number of carbonyl (C=O) groups is 3. The van der Waals surface area contributed by atoms with Crippen LogP contribution in [0.5, 0.6) is 0 Å². The van der Waals surface area contributed by atoms with Crippen molar-refractivity contribution in [3.05, 3.63) is 65.5 Å². The molecule has 0 spiro atoms. The second-order valence-electron chi connectivity index (χ2n) is 7.05. The van der Waals surface area contributed by atoms with Crippen LogP contribution in [0.15, 0.2) is 48.5 Å². The third-order valence-corrected chi connectivity index (χ3v) is 5.22. The van der Waals surface area contributed by atoms with Crippen LogP contribution in [0.1, 0.15) is 41.2 Å². The summed E-state index contributed by atoms with van der Waals surface area (Å²) < 4.78 is 13.7. The smallest absolute Gasteiger partial charge is 0.329 e. The highest BCUT2D eigenvalue weighted by Gasteiger charge is 2.30. The Morgan fingerprint density at radius 1 is 1.07 bits per heavy atom. The summed E-state index contributed by atoms with van der Waals surface area (Å²) in [5, 5.41) is 2.23. The highest BCUT2D eigenvalue weighted by molar-refractivity contribution is 6.12. The van der Waals surface area contributed by atoms with Crippen LogP contribution in [0, 0.1) is 5.82 Å². The number of halogens is 1. The van der Waals surface area contributed by atoms with Crippen molar-refractivity contribution in [2.75, 3.05) is 18.0 Å². The Balaban J connectivity index is 1.55. The molecule has 0 unspecified atom stereocenters. The van der Waals surface area contributed by atoms with Gasteiger partial charge in [0, 0.05) is 17.8 Å². The fraction of sp³-hybridized carbons (Fsp3) is 0.286. The molecule has 1 atom stereocenters. The summed E-state index contributed by atoms with van der Waals surface area (Å²) in [5.41, 5.74) is 1.86. The number of benzene rings is 2. The molecule has 0 saturated carbocycles. The predicted molar refractivity (Wildman–Crippen MR) is 101 cm³/mol. The van der Waals surface area contributed by atoms with Crippen LogP contribution >= 0.6 is 0 Å². The number of urea groups is 1. The van der Waals surface area contributed by atoms with E-state index in [1.807, 2.05) is 6.07 Å². The molecule has 28 heavy (non-hydrogen) atoms. The summed E-state index contributed by atoms with van der Waals surface area (Å²) in [6, 6.07) is 12.4. The number of nitrogens with zero attached hydrogens (tertiary/aromatic N) is 2. The highest BCUT2D eigenvalue weighted by atomic mass is 19.1. The third kappa shape index (κ3) is 3.47. The molecule has 2 heterocycles. The van der Waals surface area contributed by atoms with E-state index in [1.54, 1.807) is 35.2 Å². The molecule has 2 aliphatic rings. The molecule has 2 aromatic carbocycles. The molecule has 7 heteroatoms. The van der Waals surface area contributed by atoms with Gasteiger partial charge in [0.1, 0.15) is 12.4 Å². The normalized spacial score (nSPS) is 19.7. The van der Waals surface area contributed by atoms with E-state index in [0.29, 0.717) is 17.8 Å². The Bertz CT molecular complexity index is 929. The number of piperidine rings is 1. The van der Waals surface area contributed by atoms with Crippen LogP contribution in [0.25, 0.3) is 0 Å². The van der Waals surface area contributed by atoms with E-state index < -0.39 is 6.03 Å². The first-order chi connectivity index (χ1) is 13.5. The Labute approximate surface area is 161 Å². The zero-order valence-electron chi connectivity index (χ0n) is 15.2. The van der Waals surface area contributed by atoms with Gasteiger partial charge in [-0.25, -0.2) is 9.18 Å². The molecule has 1 N–H and O–H groups in total. The average Bonchev–Trinajstić information content (AvgIpc) is 3.05. The molecule has 144 valence electrons. The fourth-order valence-electron chi connectivity index (χ4n) is 3.84. The minimum atomic E-state index is -0.466. The molecule has 4 rings (SSSR count). The number of amides is 4. The lowest BCUT2D eigenvalue weighted by molar-refractivity contribution is -0.117. The van der Waals surface area contributed by atoms with Gasteiger partial charge in [0.15, 0.2) is 0 Å². The average molecular weight is 381 g/mol. The lowest BCUT2D eigenvalue weighted by Gasteiger charge is -2.36. The van der Waals surface area contributed by atoms with Gasteiger partial charge in [0.25, 0.3) is 5.91 Å². The van der Waals surface area contributed by atoms with E-state index in [2.05, 4.69) is 5.32 Å². The fourth-order valence-corrected chi connectivity index (χ4v) is 3.84. The first-order valence-electron chi connectivity index (χ1n) is 9.31. The topological polar surface area (TPSA) is 69.7 Å². The van der Waals surface area contributed by atoms with E-state index in [1.165, 1.54) is 17.0 Å². The van der Waals surface area contributed by atoms with E-state index >= 15 is 0 Å². The number of likely N-dealkylation sites (tertiary alicyclic amines) is 1. The lowest BCUT2D eigenvalue weighted by atomic mass is 9.94. The van der Waals surface area contributed by atoms with Crippen molar-refractivity contribution in [3.63, 3.8) is 0 Å². The lowest BCUT2D eigenvalue weighted by Crippen LogP contribution is -2.38. The van der Waals surface area contributed by atoms with E-state index in [-0.39, 0.29) is 30.2 Å². The summed E-state index contributed by atoms with van der Waals surface area (Å²) in [7, 11) is 0. The first kappa shape index (κ1) is 18.2. The molecule has 4 amide bonds. The largest absolute Gasteiger partial charge is 0.332 e. The summed E-state index contributed by atoms with van der Waals surface area (Å²) in [6.07, 6.45) is 2.69. The standard InChI is InChI=1S/C21H20FN3O3/c22-16-5-3-4-15(12-16)18-6-1-2-11-24(18)20(27)14-7-9-17(10-8-14)25-13-19(26)23-21(25)28/h3-5,7-10,12,18H,1-2,6,11,13H2,(H,23,26,28)/t18-/m0/s1. The number of hydrogen-bond acceptors (Lipinski definition) is 3. The van der Waals surface area contributed by atoms with Gasteiger partial charge < -0.3 is 4.90 Å². The Morgan fingerprint density at radius 3 is 2.54 bits per heavy atom. The quantitative estimate of drug-likeness (QED) is 0.830. The number of carbonyl (C=O) groups excluding carboxylic acids is 3. The molecule has 2 saturated heterocycles. The van der Waals surface area contributed by atoms with Gasteiger partial charge >= 0.3 is 6.03 Å². The SMILES string of the molecule is O=C1CN(c2ccc(C(=O)N3CCCC[C@H]3c3cccc(F)c3)cc2)C(=O)N1. The summed E-state index contributed by atoms with van der Waals surface area (Å²) in [6.45, 7) is 0.588. The molecule has 2 fully saturated rings. The minimum Gasteiger partial charge on any atom is -0.332 e. The van der Waals surface area contributed by atoms with E-state index in [0.717, 1.165) is 24.8 Å². The van der Waals surface area contributed by atoms with Crippen LogP contribution < -0.4 is 10.2 Å². The van der Waals surface area contributed by atoms with E-state index in [9.17, 15) is 18.8 Å². The third-order valence-electron chi connectivity index (χ3n) is 5.22. The number of nitrogens with one attached hydrogen (secondary N) is 1. The molecule has 6 nitrogen and oxygen atoms in total. The van der Waals surface area contributed by atoms with Crippen molar-refractivity contribution >= 4 is 23.5 Å². The molecular formula is C21H20FN3O3. The monoisotopic (exact) mass is 381 g/mol. The molecule has 0 aromatic heterocycles. The zero-order valence-corrected chi connectivity index (χ0v) is 15.2. The van der Waals surface area contributed by atoms with Gasteiger partial charge in [0.05, 0.1) is 6.04 Å². The van der Waals surface area contributed by atoms with Crippen molar-refractivity contribution in [2.24, 2.45) is 0 Å². The van der Waals surface area contributed by atoms with Crippen molar-refractivity contribution in [1.29, 1.82) is 0 Å². The van der Waals surface area contributed by atoms with Gasteiger partial charge in [-0.15, -0.1) is 0 Å². The maximum atomic E-state index is 13.7. The van der Waals surface area contributed by atoms with Crippen molar-refractivity contribution < 1.29 is 18.8 Å². The van der Waals surface area contributed by atoms with Crippen molar-refractivity contribution in [1.82, 2.24) is 10.2 Å². The van der Waals surface area contributed by atoms with Crippen molar-refractivity contribution in [2.45, 2.75) is 25.3 Å².